The number of rotatable bonds is 12. The van der Waals surface area contributed by atoms with Gasteiger partial charge in [-0.25, -0.2) is 0 Å². The van der Waals surface area contributed by atoms with Gasteiger partial charge in [-0.05, 0) is 35.8 Å². The van der Waals surface area contributed by atoms with Gasteiger partial charge >= 0.3 is 0 Å². The largest absolute Gasteiger partial charge is 0.396 e. The molecule has 1 aromatic carbocycles. The third-order valence-corrected chi connectivity index (χ3v) is 6.31. The molecule has 0 heterocycles. The molecule has 2 rings (SSSR count). The summed E-state index contributed by atoms with van der Waals surface area (Å²) >= 11 is 0. The molecule has 148 valence electrons. The second kappa shape index (κ2) is 12.5. The SMILES string of the molecule is CCCCCCC1CCC(CCc2ccc(C(CO)COC)cc2)CC1. The third kappa shape index (κ3) is 7.40. The molecule has 1 N–H and O–H groups in total. The maximum atomic E-state index is 9.48. The van der Waals surface area contributed by atoms with Gasteiger partial charge in [0.1, 0.15) is 0 Å². The van der Waals surface area contributed by atoms with Crippen molar-refractivity contribution in [3.63, 3.8) is 0 Å². The first kappa shape index (κ1) is 21.4. The zero-order chi connectivity index (χ0) is 18.6. The van der Waals surface area contributed by atoms with Gasteiger partial charge < -0.3 is 9.84 Å². The maximum Gasteiger partial charge on any atom is 0.0553 e. The van der Waals surface area contributed by atoms with Crippen molar-refractivity contribution in [2.24, 2.45) is 11.8 Å². The minimum atomic E-state index is 0.0988. The van der Waals surface area contributed by atoms with Crippen LogP contribution in [-0.4, -0.2) is 25.4 Å². The highest BCUT2D eigenvalue weighted by molar-refractivity contribution is 5.25. The number of hydrogen-bond donors (Lipinski definition) is 1. The molecule has 1 aliphatic carbocycles. The van der Waals surface area contributed by atoms with Crippen LogP contribution in [0.25, 0.3) is 0 Å². The van der Waals surface area contributed by atoms with Gasteiger partial charge in [0.25, 0.3) is 0 Å². The molecule has 1 fully saturated rings. The Hall–Kier alpha value is -0.860. The fourth-order valence-corrected chi connectivity index (χ4v) is 4.45. The van der Waals surface area contributed by atoms with E-state index >= 15 is 0 Å². The third-order valence-electron chi connectivity index (χ3n) is 6.31. The van der Waals surface area contributed by atoms with E-state index in [9.17, 15) is 5.11 Å². The molecule has 0 aromatic heterocycles. The molecule has 1 aromatic rings. The fourth-order valence-electron chi connectivity index (χ4n) is 4.45. The van der Waals surface area contributed by atoms with E-state index in [1.54, 1.807) is 7.11 Å². The number of ether oxygens (including phenoxy) is 1. The lowest BCUT2D eigenvalue weighted by Gasteiger charge is -2.28. The smallest absolute Gasteiger partial charge is 0.0553 e. The van der Waals surface area contributed by atoms with Crippen LogP contribution in [0.5, 0.6) is 0 Å². The predicted molar refractivity (Wildman–Crippen MR) is 111 cm³/mol. The zero-order valence-electron chi connectivity index (χ0n) is 17.1. The van der Waals surface area contributed by atoms with Gasteiger partial charge in [-0.2, -0.15) is 0 Å². The Morgan fingerprint density at radius 1 is 0.962 bits per heavy atom. The summed E-state index contributed by atoms with van der Waals surface area (Å²) in [6.45, 7) is 3.02. The van der Waals surface area contributed by atoms with E-state index in [1.807, 2.05) is 0 Å². The van der Waals surface area contributed by atoms with Gasteiger partial charge in [-0.15, -0.1) is 0 Å². The topological polar surface area (TPSA) is 29.5 Å². The second-order valence-corrected chi connectivity index (χ2v) is 8.35. The summed E-state index contributed by atoms with van der Waals surface area (Å²) in [5, 5.41) is 9.48. The van der Waals surface area contributed by atoms with Crippen molar-refractivity contribution in [3.05, 3.63) is 35.4 Å². The molecular formula is C24H40O2. The Kier molecular flexibility index (Phi) is 10.3. The molecule has 1 saturated carbocycles. The van der Waals surface area contributed by atoms with Crippen LogP contribution in [0, 0.1) is 11.8 Å². The number of unbranched alkanes of at least 4 members (excludes halogenated alkanes) is 3. The Morgan fingerprint density at radius 2 is 1.62 bits per heavy atom. The van der Waals surface area contributed by atoms with Crippen molar-refractivity contribution >= 4 is 0 Å². The molecule has 0 spiro atoms. The van der Waals surface area contributed by atoms with E-state index in [-0.39, 0.29) is 12.5 Å². The van der Waals surface area contributed by atoms with Crippen molar-refractivity contribution in [3.8, 4) is 0 Å². The molecule has 2 heteroatoms. The number of hydrogen-bond acceptors (Lipinski definition) is 2. The van der Waals surface area contributed by atoms with E-state index in [0.29, 0.717) is 6.61 Å². The Balaban J connectivity index is 1.66. The zero-order valence-corrected chi connectivity index (χ0v) is 17.1. The number of aliphatic hydroxyl groups is 1. The molecule has 1 atom stereocenters. The lowest BCUT2D eigenvalue weighted by molar-refractivity contribution is 0.144. The summed E-state index contributed by atoms with van der Waals surface area (Å²) in [5.41, 5.74) is 2.62. The standard InChI is InChI=1S/C24H40O2/c1-3-4-5-6-7-20-8-10-21(11-9-20)12-13-22-14-16-23(17-15-22)24(18-25)19-26-2/h14-17,20-21,24-25H,3-13,18-19H2,1-2H3. The van der Waals surface area contributed by atoms with E-state index < -0.39 is 0 Å². The monoisotopic (exact) mass is 360 g/mol. The van der Waals surface area contributed by atoms with E-state index in [0.717, 1.165) is 11.8 Å². The van der Waals surface area contributed by atoms with Crippen LogP contribution in [0.15, 0.2) is 24.3 Å². The van der Waals surface area contributed by atoms with Crippen LogP contribution in [0.4, 0.5) is 0 Å². The first-order valence-corrected chi connectivity index (χ1v) is 10.9. The van der Waals surface area contributed by atoms with Crippen LogP contribution in [-0.2, 0) is 11.2 Å². The number of methoxy groups -OCH3 is 1. The first-order chi connectivity index (χ1) is 12.8. The summed E-state index contributed by atoms with van der Waals surface area (Å²) in [4.78, 5) is 0. The van der Waals surface area contributed by atoms with Gasteiger partial charge in [0.05, 0.1) is 13.2 Å². The molecule has 0 saturated heterocycles. The van der Waals surface area contributed by atoms with Gasteiger partial charge in [0.2, 0.25) is 0 Å². The average molecular weight is 361 g/mol. The van der Waals surface area contributed by atoms with Gasteiger partial charge in [0, 0.05) is 13.0 Å². The van der Waals surface area contributed by atoms with Gasteiger partial charge in [-0.3, -0.25) is 0 Å². The van der Waals surface area contributed by atoms with Crippen molar-refractivity contribution < 1.29 is 9.84 Å². The van der Waals surface area contributed by atoms with Gasteiger partial charge in [0.15, 0.2) is 0 Å². The molecule has 1 aliphatic rings. The Bertz CT molecular complexity index is 460. The van der Waals surface area contributed by atoms with Crippen LogP contribution in [0.2, 0.25) is 0 Å². The van der Waals surface area contributed by atoms with Crippen LogP contribution < -0.4 is 0 Å². The lowest BCUT2D eigenvalue weighted by Crippen LogP contribution is -2.15. The molecular weight excluding hydrogens is 320 g/mol. The highest BCUT2D eigenvalue weighted by Crippen LogP contribution is 2.34. The number of aliphatic hydroxyl groups excluding tert-OH is 1. The minimum Gasteiger partial charge on any atom is -0.396 e. The maximum absolute atomic E-state index is 9.48. The van der Waals surface area contributed by atoms with Crippen molar-refractivity contribution in [1.29, 1.82) is 0 Å². The quantitative estimate of drug-likeness (QED) is 0.455. The summed E-state index contributed by atoms with van der Waals surface area (Å²) in [6.07, 6.45) is 15.5. The highest BCUT2D eigenvalue weighted by atomic mass is 16.5. The number of benzene rings is 1. The van der Waals surface area contributed by atoms with Crippen LogP contribution in [0.1, 0.15) is 88.2 Å². The van der Waals surface area contributed by atoms with E-state index in [2.05, 4.69) is 31.2 Å². The van der Waals surface area contributed by atoms with Crippen molar-refractivity contribution in [2.75, 3.05) is 20.3 Å². The summed E-state index contributed by atoms with van der Waals surface area (Å²) < 4.78 is 5.19. The number of aryl methyl sites for hydroxylation is 1. The molecule has 1 unspecified atom stereocenters. The van der Waals surface area contributed by atoms with Crippen LogP contribution >= 0.6 is 0 Å². The normalized spacial score (nSPS) is 21.7. The Labute approximate surface area is 161 Å². The summed E-state index contributed by atoms with van der Waals surface area (Å²) in [6, 6.07) is 8.82. The second-order valence-electron chi connectivity index (χ2n) is 8.35. The lowest BCUT2D eigenvalue weighted by atomic mass is 9.77. The average Bonchev–Trinajstić information content (AvgIpc) is 2.69. The van der Waals surface area contributed by atoms with Crippen molar-refractivity contribution in [2.45, 2.75) is 83.5 Å². The van der Waals surface area contributed by atoms with Crippen molar-refractivity contribution in [1.82, 2.24) is 0 Å². The van der Waals surface area contributed by atoms with Gasteiger partial charge in [-0.1, -0.05) is 89.0 Å². The molecule has 2 nitrogen and oxygen atoms in total. The van der Waals surface area contributed by atoms with E-state index in [4.69, 9.17) is 4.74 Å². The molecule has 0 radical (unpaired) electrons. The highest BCUT2D eigenvalue weighted by Gasteiger charge is 2.20. The minimum absolute atomic E-state index is 0.0988. The molecule has 0 aliphatic heterocycles. The summed E-state index contributed by atoms with van der Waals surface area (Å²) in [7, 11) is 1.69. The first-order valence-electron chi connectivity index (χ1n) is 10.9. The molecule has 26 heavy (non-hydrogen) atoms. The van der Waals surface area contributed by atoms with E-state index in [1.165, 1.54) is 81.8 Å². The predicted octanol–water partition coefficient (Wildman–Crippen LogP) is 6.12. The molecule has 0 amide bonds. The van der Waals surface area contributed by atoms with Crippen LogP contribution in [0.3, 0.4) is 0 Å². The molecule has 0 bridgehead atoms. The Morgan fingerprint density at radius 3 is 2.19 bits per heavy atom. The fraction of sp³-hybridized carbons (Fsp3) is 0.750. The summed E-state index contributed by atoms with van der Waals surface area (Å²) in [5.74, 6) is 2.04.